The number of phenols is 1. The minimum absolute atomic E-state index is 0.144. The Labute approximate surface area is 98.9 Å². The van der Waals surface area contributed by atoms with Crippen LogP contribution in [0, 0.1) is 0 Å². The lowest BCUT2D eigenvalue weighted by Gasteiger charge is -2.05. The molecule has 2 rings (SSSR count). The van der Waals surface area contributed by atoms with E-state index in [1.54, 1.807) is 12.1 Å². The molecule has 0 aliphatic rings. The maximum atomic E-state index is 11.2. The van der Waals surface area contributed by atoms with Crippen molar-refractivity contribution in [2.45, 2.75) is 0 Å². The lowest BCUT2D eigenvalue weighted by Crippen LogP contribution is -2.08. The number of aromatic hydroxyl groups is 1. The predicted octanol–water partition coefficient (Wildman–Crippen LogP) is 2.03. The van der Waals surface area contributed by atoms with Gasteiger partial charge in [0.2, 0.25) is 5.88 Å². The molecule has 5 nitrogen and oxygen atoms in total. The molecule has 82 valence electrons. The van der Waals surface area contributed by atoms with Crippen molar-refractivity contribution in [3.8, 4) is 17.4 Å². The van der Waals surface area contributed by atoms with Gasteiger partial charge in [-0.1, -0.05) is 0 Å². The largest absolute Gasteiger partial charge is 0.508 e. The highest BCUT2D eigenvalue weighted by molar-refractivity contribution is 9.10. The Balaban J connectivity index is 2.30. The quantitative estimate of drug-likeness (QED) is 0.884. The molecule has 0 fully saturated rings. The average Bonchev–Trinajstić information content (AvgIpc) is 2.28. The third-order valence-corrected chi connectivity index (χ3v) is 2.52. The molecule has 0 spiro atoms. The van der Waals surface area contributed by atoms with E-state index in [1.807, 2.05) is 0 Å². The maximum absolute atomic E-state index is 11.2. The summed E-state index contributed by atoms with van der Waals surface area (Å²) in [5.74, 6) is 0.802. The lowest BCUT2D eigenvalue weighted by atomic mass is 10.3. The zero-order valence-corrected chi connectivity index (χ0v) is 9.56. The van der Waals surface area contributed by atoms with Crippen LogP contribution in [0.5, 0.6) is 17.4 Å². The van der Waals surface area contributed by atoms with Crippen molar-refractivity contribution in [1.29, 1.82) is 0 Å². The van der Waals surface area contributed by atoms with Crippen LogP contribution in [0.25, 0.3) is 0 Å². The van der Waals surface area contributed by atoms with Gasteiger partial charge in [0.05, 0.1) is 6.33 Å². The summed E-state index contributed by atoms with van der Waals surface area (Å²) in [4.78, 5) is 17.5. The number of nitrogens with zero attached hydrogens (tertiary/aromatic N) is 1. The van der Waals surface area contributed by atoms with Crippen molar-refractivity contribution in [3.63, 3.8) is 0 Å². The number of aromatic amines is 1. The van der Waals surface area contributed by atoms with Crippen LogP contribution in [0.1, 0.15) is 0 Å². The molecule has 0 aliphatic carbocycles. The highest BCUT2D eigenvalue weighted by Crippen LogP contribution is 2.25. The van der Waals surface area contributed by atoms with Crippen molar-refractivity contribution in [2.75, 3.05) is 0 Å². The van der Waals surface area contributed by atoms with Crippen LogP contribution in [0.2, 0.25) is 0 Å². The van der Waals surface area contributed by atoms with Gasteiger partial charge in [-0.25, -0.2) is 4.98 Å². The highest BCUT2D eigenvalue weighted by Gasteiger charge is 2.07. The minimum atomic E-state index is -0.316. The van der Waals surface area contributed by atoms with Crippen LogP contribution in [0.3, 0.4) is 0 Å². The Morgan fingerprint density at radius 2 is 2.00 bits per heavy atom. The molecule has 0 saturated heterocycles. The predicted molar refractivity (Wildman–Crippen MR) is 60.7 cm³/mol. The van der Waals surface area contributed by atoms with Crippen LogP contribution < -0.4 is 10.3 Å². The molecular weight excluding hydrogens is 276 g/mol. The average molecular weight is 283 g/mol. The Kier molecular flexibility index (Phi) is 2.91. The van der Waals surface area contributed by atoms with Gasteiger partial charge in [-0.2, -0.15) is 0 Å². The smallest absolute Gasteiger partial charge is 0.268 e. The molecule has 0 unspecified atom stereocenters. The first kappa shape index (κ1) is 10.7. The summed E-state index contributed by atoms with van der Waals surface area (Å²) in [6.07, 6.45) is 1.25. The molecular formula is C10H7BrN2O3. The van der Waals surface area contributed by atoms with Crippen molar-refractivity contribution >= 4 is 15.9 Å². The molecule has 0 atom stereocenters. The van der Waals surface area contributed by atoms with Crippen molar-refractivity contribution < 1.29 is 9.84 Å². The maximum Gasteiger partial charge on any atom is 0.268 e. The van der Waals surface area contributed by atoms with Crippen LogP contribution in [-0.4, -0.2) is 15.1 Å². The van der Waals surface area contributed by atoms with E-state index in [4.69, 9.17) is 9.84 Å². The summed E-state index contributed by atoms with van der Waals surface area (Å²) >= 11 is 3.07. The second-order valence-corrected chi connectivity index (χ2v) is 3.74. The number of halogens is 1. The highest BCUT2D eigenvalue weighted by atomic mass is 79.9. The van der Waals surface area contributed by atoms with E-state index in [1.165, 1.54) is 18.5 Å². The Morgan fingerprint density at radius 1 is 1.31 bits per heavy atom. The van der Waals surface area contributed by atoms with E-state index in [-0.39, 0.29) is 21.7 Å². The van der Waals surface area contributed by atoms with Gasteiger partial charge in [0.1, 0.15) is 16.0 Å². The van der Waals surface area contributed by atoms with Crippen LogP contribution in [0.4, 0.5) is 0 Å². The van der Waals surface area contributed by atoms with E-state index in [0.717, 1.165) is 0 Å². The van der Waals surface area contributed by atoms with E-state index in [2.05, 4.69) is 25.9 Å². The first-order valence-electron chi connectivity index (χ1n) is 4.37. The van der Waals surface area contributed by atoms with Gasteiger partial charge < -0.3 is 14.8 Å². The number of nitrogens with one attached hydrogen (secondary N) is 1. The van der Waals surface area contributed by atoms with Crippen molar-refractivity contribution in [1.82, 2.24) is 9.97 Å². The van der Waals surface area contributed by atoms with Crippen molar-refractivity contribution in [2.24, 2.45) is 0 Å². The zero-order chi connectivity index (χ0) is 11.5. The topological polar surface area (TPSA) is 75.2 Å². The van der Waals surface area contributed by atoms with E-state index in [0.29, 0.717) is 5.75 Å². The fourth-order valence-electron chi connectivity index (χ4n) is 1.06. The van der Waals surface area contributed by atoms with Gasteiger partial charge in [-0.3, -0.25) is 4.79 Å². The summed E-state index contributed by atoms with van der Waals surface area (Å²) in [6.45, 7) is 0. The first-order chi connectivity index (χ1) is 7.66. The SMILES string of the molecule is O=c1[nH]cnc(Oc2ccc(O)cc2)c1Br. The number of hydrogen-bond donors (Lipinski definition) is 2. The molecule has 2 N–H and O–H groups in total. The monoisotopic (exact) mass is 282 g/mol. The van der Waals surface area contributed by atoms with E-state index < -0.39 is 0 Å². The summed E-state index contributed by atoms with van der Waals surface area (Å²) in [5, 5.41) is 9.09. The van der Waals surface area contributed by atoms with Gasteiger partial charge in [0.15, 0.2) is 0 Å². The van der Waals surface area contributed by atoms with Crippen molar-refractivity contribution in [3.05, 3.63) is 45.4 Å². The summed E-state index contributed by atoms with van der Waals surface area (Å²) < 4.78 is 5.58. The van der Waals surface area contributed by atoms with Gasteiger partial charge in [0, 0.05) is 0 Å². The normalized spacial score (nSPS) is 10.1. The fourth-order valence-corrected chi connectivity index (χ4v) is 1.36. The van der Waals surface area contributed by atoms with Gasteiger partial charge in [0.25, 0.3) is 5.56 Å². The molecule has 1 aromatic carbocycles. The fraction of sp³-hybridized carbons (Fsp3) is 0. The first-order valence-corrected chi connectivity index (χ1v) is 5.16. The number of benzene rings is 1. The molecule has 16 heavy (non-hydrogen) atoms. The molecule has 2 aromatic rings. The van der Waals surface area contributed by atoms with Gasteiger partial charge in [-0.05, 0) is 40.2 Å². The summed E-state index contributed by atoms with van der Waals surface area (Å²) in [6, 6.07) is 6.11. The van der Waals surface area contributed by atoms with Gasteiger partial charge in [-0.15, -0.1) is 0 Å². The van der Waals surface area contributed by atoms with Crippen LogP contribution >= 0.6 is 15.9 Å². The Morgan fingerprint density at radius 3 is 2.69 bits per heavy atom. The standard InChI is InChI=1S/C10H7BrN2O3/c11-8-9(15)12-5-13-10(8)16-7-3-1-6(14)2-4-7/h1-5,14H,(H,12,13,15). The minimum Gasteiger partial charge on any atom is -0.508 e. The number of aromatic nitrogens is 2. The molecule has 0 radical (unpaired) electrons. The lowest BCUT2D eigenvalue weighted by molar-refractivity contribution is 0.449. The Hall–Kier alpha value is -1.82. The molecule has 0 amide bonds. The number of phenolic OH excluding ortho intramolecular Hbond substituents is 1. The van der Waals surface area contributed by atoms with E-state index in [9.17, 15) is 4.79 Å². The second-order valence-electron chi connectivity index (χ2n) is 2.95. The molecule has 1 aromatic heterocycles. The third-order valence-electron chi connectivity index (χ3n) is 1.82. The summed E-state index contributed by atoms with van der Waals surface area (Å²) in [7, 11) is 0. The number of ether oxygens (including phenoxy) is 1. The molecule has 0 aliphatic heterocycles. The third kappa shape index (κ3) is 2.22. The number of H-pyrrole nitrogens is 1. The van der Waals surface area contributed by atoms with Crippen LogP contribution in [0.15, 0.2) is 39.9 Å². The molecule has 0 bridgehead atoms. The number of hydrogen-bond acceptors (Lipinski definition) is 4. The molecule has 6 heteroatoms. The van der Waals surface area contributed by atoms with Gasteiger partial charge >= 0.3 is 0 Å². The van der Waals surface area contributed by atoms with E-state index >= 15 is 0 Å². The molecule has 1 heterocycles. The molecule has 0 saturated carbocycles. The summed E-state index contributed by atoms with van der Waals surface area (Å²) in [5.41, 5.74) is -0.316. The zero-order valence-electron chi connectivity index (χ0n) is 7.98. The second kappa shape index (κ2) is 4.36. The number of rotatable bonds is 2. The Bertz CT molecular complexity index is 551. The van der Waals surface area contributed by atoms with Crippen LogP contribution in [-0.2, 0) is 0 Å².